The molecule has 33 heavy (non-hydrogen) atoms. The van der Waals surface area contributed by atoms with Gasteiger partial charge in [0.2, 0.25) is 5.78 Å². The number of Topliss-reactive ketones (excluding diaryl/α,β-unsaturated/α-hetero) is 1. The molecule has 5 rings (SSSR count). The third-order valence-electron chi connectivity index (χ3n) is 6.17. The lowest BCUT2D eigenvalue weighted by Gasteiger charge is -2.29. The summed E-state index contributed by atoms with van der Waals surface area (Å²) in [5.41, 5.74) is 4.96. The van der Waals surface area contributed by atoms with Crippen LogP contribution in [0.25, 0.3) is 6.08 Å². The predicted octanol–water partition coefficient (Wildman–Crippen LogP) is 5.15. The highest BCUT2D eigenvalue weighted by atomic mass is 16.5. The Kier molecular flexibility index (Phi) is 5.88. The van der Waals surface area contributed by atoms with Crippen LogP contribution in [0.1, 0.15) is 33.5 Å². The van der Waals surface area contributed by atoms with Crippen molar-refractivity contribution in [2.75, 3.05) is 32.3 Å². The van der Waals surface area contributed by atoms with Crippen LogP contribution >= 0.6 is 0 Å². The van der Waals surface area contributed by atoms with Gasteiger partial charge in [0.25, 0.3) is 0 Å². The zero-order valence-corrected chi connectivity index (χ0v) is 19.1. The second kappa shape index (κ2) is 9.12. The second-order valence-corrected chi connectivity index (χ2v) is 8.76. The molecule has 0 bridgehead atoms. The normalized spacial score (nSPS) is 16.2. The number of aryl methyl sites for hydroxylation is 1. The SMILES string of the molecule is CN(C)c1ccc(/C=C2\Oc3c(ccc4c3CN(CCCc3ccccc3)CO4)C2=O)cc1. The van der Waals surface area contributed by atoms with E-state index in [2.05, 4.69) is 29.2 Å². The van der Waals surface area contributed by atoms with Gasteiger partial charge in [-0.25, -0.2) is 0 Å². The first-order valence-electron chi connectivity index (χ1n) is 11.3. The van der Waals surface area contributed by atoms with E-state index >= 15 is 0 Å². The molecule has 0 amide bonds. The summed E-state index contributed by atoms with van der Waals surface area (Å²) in [5, 5.41) is 0. The lowest BCUT2D eigenvalue weighted by Crippen LogP contribution is -2.33. The third kappa shape index (κ3) is 4.50. The molecule has 2 aliphatic heterocycles. The molecule has 5 nitrogen and oxygen atoms in total. The molecule has 0 saturated carbocycles. The summed E-state index contributed by atoms with van der Waals surface area (Å²) in [6.45, 7) is 2.19. The molecular formula is C28H28N2O3. The fraction of sp³-hybridized carbons (Fsp3) is 0.250. The first-order chi connectivity index (χ1) is 16.1. The number of rotatable bonds is 6. The van der Waals surface area contributed by atoms with Gasteiger partial charge in [0.1, 0.15) is 18.2 Å². The van der Waals surface area contributed by atoms with Crippen molar-refractivity contribution in [2.45, 2.75) is 19.4 Å². The Labute approximate surface area is 194 Å². The largest absolute Gasteiger partial charge is 0.478 e. The molecule has 0 fully saturated rings. The minimum Gasteiger partial charge on any atom is -0.478 e. The van der Waals surface area contributed by atoms with Crippen LogP contribution in [0.15, 0.2) is 72.5 Å². The highest BCUT2D eigenvalue weighted by molar-refractivity contribution is 6.15. The molecule has 0 spiro atoms. The van der Waals surface area contributed by atoms with Gasteiger partial charge in [-0.05, 0) is 54.3 Å². The van der Waals surface area contributed by atoms with Gasteiger partial charge in [-0.3, -0.25) is 9.69 Å². The summed E-state index contributed by atoms with van der Waals surface area (Å²) >= 11 is 0. The molecule has 0 N–H and O–H groups in total. The quantitative estimate of drug-likeness (QED) is 0.496. The molecule has 168 valence electrons. The van der Waals surface area contributed by atoms with Crippen molar-refractivity contribution >= 4 is 17.5 Å². The number of allylic oxidation sites excluding steroid dienone is 1. The van der Waals surface area contributed by atoms with E-state index in [9.17, 15) is 4.79 Å². The van der Waals surface area contributed by atoms with Crippen LogP contribution in [0.4, 0.5) is 5.69 Å². The Hall–Kier alpha value is -3.57. The number of nitrogens with zero attached hydrogens (tertiary/aromatic N) is 2. The number of fused-ring (bicyclic) bond motifs is 3. The van der Waals surface area contributed by atoms with E-state index in [0.29, 0.717) is 30.3 Å². The zero-order valence-electron chi connectivity index (χ0n) is 19.1. The number of ketones is 1. The minimum atomic E-state index is -0.0781. The second-order valence-electron chi connectivity index (χ2n) is 8.76. The van der Waals surface area contributed by atoms with Crippen molar-refractivity contribution in [3.63, 3.8) is 0 Å². The maximum Gasteiger partial charge on any atom is 0.231 e. The van der Waals surface area contributed by atoms with E-state index in [1.165, 1.54) is 5.56 Å². The number of carbonyl (C=O) groups is 1. The van der Waals surface area contributed by atoms with Crippen LogP contribution in [0.3, 0.4) is 0 Å². The van der Waals surface area contributed by atoms with E-state index in [4.69, 9.17) is 9.47 Å². The maximum absolute atomic E-state index is 13.0. The van der Waals surface area contributed by atoms with Crippen molar-refractivity contribution in [1.29, 1.82) is 0 Å². The van der Waals surface area contributed by atoms with Crippen LogP contribution < -0.4 is 14.4 Å². The van der Waals surface area contributed by atoms with Gasteiger partial charge >= 0.3 is 0 Å². The average molecular weight is 441 g/mol. The Bertz CT molecular complexity index is 1180. The summed E-state index contributed by atoms with van der Waals surface area (Å²) in [5.74, 6) is 1.72. The van der Waals surface area contributed by atoms with Gasteiger partial charge in [-0.2, -0.15) is 0 Å². The number of hydrogen-bond acceptors (Lipinski definition) is 5. The van der Waals surface area contributed by atoms with Gasteiger partial charge in [-0.15, -0.1) is 0 Å². The Morgan fingerprint density at radius 3 is 2.55 bits per heavy atom. The lowest BCUT2D eigenvalue weighted by molar-refractivity contribution is 0.0928. The fourth-order valence-electron chi connectivity index (χ4n) is 4.32. The zero-order chi connectivity index (χ0) is 22.8. The summed E-state index contributed by atoms with van der Waals surface area (Å²) < 4.78 is 12.1. The molecule has 2 aliphatic rings. The van der Waals surface area contributed by atoms with Crippen molar-refractivity contribution < 1.29 is 14.3 Å². The smallest absolute Gasteiger partial charge is 0.231 e. The molecule has 2 heterocycles. The molecule has 5 heteroatoms. The monoisotopic (exact) mass is 440 g/mol. The van der Waals surface area contributed by atoms with Crippen LogP contribution in [-0.2, 0) is 13.0 Å². The standard InChI is InChI=1S/C28H28N2O3/c1-29(2)22-12-10-21(11-13-22)17-26-27(31)23-14-15-25-24(28(23)33-26)18-30(19-32-25)16-6-9-20-7-4-3-5-8-20/h3-5,7-8,10-15,17H,6,9,16,18-19H2,1-2H3/b26-17-. The topological polar surface area (TPSA) is 42.0 Å². The fourth-order valence-corrected chi connectivity index (χ4v) is 4.32. The van der Waals surface area contributed by atoms with Gasteiger partial charge in [-0.1, -0.05) is 42.5 Å². The first kappa shape index (κ1) is 21.3. The average Bonchev–Trinajstić information content (AvgIpc) is 3.15. The lowest BCUT2D eigenvalue weighted by atomic mass is 10.0. The number of anilines is 1. The number of benzene rings is 3. The van der Waals surface area contributed by atoms with E-state index in [0.717, 1.165) is 42.0 Å². The Balaban J connectivity index is 1.30. The van der Waals surface area contributed by atoms with Crippen LogP contribution in [0.2, 0.25) is 0 Å². The highest BCUT2D eigenvalue weighted by Crippen LogP contribution is 2.42. The van der Waals surface area contributed by atoms with Gasteiger partial charge in [0, 0.05) is 32.9 Å². The van der Waals surface area contributed by atoms with Crippen molar-refractivity contribution in [3.8, 4) is 11.5 Å². The third-order valence-corrected chi connectivity index (χ3v) is 6.17. The maximum atomic E-state index is 13.0. The van der Waals surface area contributed by atoms with Crippen molar-refractivity contribution in [3.05, 3.63) is 94.7 Å². The number of ether oxygens (including phenoxy) is 2. The van der Waals surface area contributed by atoms with Gasteiger partial charge in [0.15, 0.2) is 5.76 Å². The van der Waals surface area contributed by atoms with Crippen LogP contribution in [0.5, 0.6) is 11.5 Å². The van der Waals surface area contributed by atoms with Gasteiger partial charge in [0.05, 0.1) is 11.1 Å². The summed E-state index contributed by atoms with van der Waals surface area (Å²) in [6.07, 6.45) is 3.90. The van der Waals surface area contributed by atoms with E-state index in [-0.39, 0.29) is 5.78 Å². The first-order valence-corrected chi connectivity index (χ1v) is 11.3. The summed E-state index contributed by atoms with van der Waals surface area (Å²) in [6, 6.07) is 22.3. The Morgan fingerprint density at radius 2 is 1.79 bits per heavy atom. The highest BCUT2D eigenvalue weighted by Gasteiger charge is 2.33. The predicted molar refractivity (Wildman–Crippen MR) is 131 cm³/mol. The molecule has 0 aliphatic carbocycles. The summed E-state index contributed by atoms with van der Waals surface area (Å²) in [7, 11) is 4.01. The molecule has 0 saturated heterocycles. The molecule has 0 atom stereocenters. The minimum absolute atomic E-state index is 0.0781. The van der Waals surface area contributed by atoms with Gasteiger partial charge < -0.3 is 14.4 Å². The summed E-state index contributed by atoms with van der Waals surface area (Å²) in [4.78, 5) is 17.3. The molecule has 0 radical (unpaired) electrons. The molecule has 3 aromatic carbocycles. The molecule has 0 aromatic heterocycles. The molecule has 3 aromatic rings. The van der Waals surface area contributed by atoms with E-state index < -0.39 is 0 Å². The number of carbonyl (C=O) groups excluding carboxylic acids is 1. The number of hydrogen-bond donors (Lipinski definition) is 0. The van der Waals surface area contributed by atoms with E-state index in [1.54, 1.807) is 0 Å². The molecule has 0 unspecified atom stereocenters. The van der Waals surface area contributed by atoms with Crippen LogP contribution in [-0.4, -0.2) is 38.1 Å². The molecular weight excluding hydrogens is 412 g/mol. The van der Waals surface area contributed by atoms with Crippen molar-refractivity contribution in [2.24, 2.45) is 0 Å². The van der Waals surface area contributed by atoms with Crippen LogP contribution in [0, 0.1) is 0 Å². The van der Waals surface area contributed by atoms with Crippen molar-refractivity contribution in [1.82, 2.24) is 4.90 Å². The Morgan fingerprint density at radius 1 is 1.00 bits per heavy atom. The van der Waals surface area contributed by atoms with E-state index in [1.807, 2.05) is 67.5 Å².